The van der Waals surface area contributed by atoms with Crippen LogP contribution in [-0.4, -0.2) is 4.98 Å². The van der Waals surface area contributed by atoms with E-state index in [-0.39, 0.29) is 0 Å². The molecule has 3 rings (SSSR count). The highest BCUT2D eigenvalue weighted by atomic mass is 79.9. The highest BCUT2D eigenvalue weighted by molar-refractivity contribution is 9.10. The predicted molar refractivity (Wildman–Crippen MR) is 84.6 cm³/mol. The van der Waals surface area contributed by atoms with Crippen molar-refractivity contribution in [3.63, 3.8) is 0 Å². The average Bonchev–Trinajstić information content (AvgIpc) is 2.86. The lowest BCUT2D eigenvalue weighted by atomic mass is 9.89. The van der Waals surface area contributed by atoms with Gasteiger partial charge in [-0.15, -0.1) is 0 Å². The van der Waals surface area contributed by atoms with Gasteiger partial charge in [0.15, 0.2) is 0 Å². The molecule has 0 amide bonds. The highest BCUT2D eigenvalue weighted by Crippen LogP contribution is 2.36. The van der Waals surface area contributed by atoms with Crippen LogP contribution < -0.4 is 0 Å². The number of halogens is 1. The van der Waals surface area contributed by atoms with Gasteiger partial charge in [-0.1, -0.05) is 59.3 Å². The summed E-state index contributed by atoms with van der Waals surface area (Å²) < 4.78 is 1.16. The number of H-pyrrole nitrogens is 1. The van der Waals surface area contributed by atoms with E-state index in [1.54, 1.807) is 0 Å². The summed E-state index contributed by atoms with van der Waals surface area (Å²) in [5.41, 5.74) is 3.94. The van der Waals surface area contributed by atoms with Crippen molar-refractivity contribution in [1.82, 2.24) is 4.98 Å². The number of benzene rings is 2. The van der Waals surface area contributed by atoms with Crippen LogP contribution in [0.5, 0.6) is 0 Å². The molecule has 1 aromatic heterocycles. The van der Waals surface area contributed by atoms with Crippen LogP contribution in [0.4, 0.5) is 0 Å². The van der Waals surface area contributed by atoms with E-state index in [1.165, 1.54) is 22.0 Å². The molecular formula is C17H16BrN. The summed E-state index contributed by atoms with van der Waals surface area (Å²) in [5.74, 6) is 0.439. The SMILES string of the molecule is CCC(c1ccccc1)c1c[nH]c2cccc(Br)c12. The molecule has 0 bridgehead atoms. The van der Waals surface area contributed by atoms with Gasteiger partial charge in [-0.25, -0.2) is 0 Å². The van der Waals surface area contributed by atoms with Gasteiger partial charge in [0.05, 0.1) is 0 Å². The van der Waals surface area contributed by atoms with E-state index in [9.17, 15) is 0 Å². The minimum absolute atomic E-state index is 0.439. The van der Waals surface area contributed by atoms with Gasteiger partial charge in [0.1, 0.15) is 0 Å². The number of aromatic nitrogens is 1. The second kappa shape index (κ2) is 5.22. The summed E-state index contributed by atoms with van der Waals surface area (Å²) in [6, 6.07) is 17.0. The molecule has 0 aliphatic carbocycles. The van der Waals surface area contributed by atoms with E-state index in [2.05, 4.69) is 82.6 Å². The molecule has 96 valence electrons. The second-order valence-corrected chi connectivity index (χ2v) is 5.63. The van der Waals surface area contributed by atoms with Crippen LogP contribution in [0.15, 0.2) is 59.2 Å². The van der Waals surface area contributed by atoms with Crippen molar-refractivity contribution in [3.05, 3.63) is 70.3 Å². The number of nitrogens with one attached hydrogen (secondary N) is 1. The number of hydrogen-bond donors (Lipinski definition) is 1. The molecule has 1 unspecified atom stereocenters. The van der Waals surface area contributed by atoms with Crippen LogP contribution in [-0.2, 0) is 0 Å². The fraction of sp³-hybridized carbons (Fsp3) is 0.176. The molecule has 1 atom stereocenters. The molecule has 19 heavy (non-hydrogen) atoms. The minimum Gasteiger partial charge on any atom is -0.361 e. The first-order chi connectivity index (χ1) is 9.31. The molecular weight excluding hydrogens is 298 g/mol. The van der Waals surface area contributed by atoms with Gasteiger partial charge >= 0.3 is 0 Å². The monoisotopic (exact) mass is 313 g/mol. The van der Waals surface area contributed by atoms with Gasteiger partial charge in [0.2, 0.25) is 0 Å². The predicted octanol–water partition coefficient (Wildman–Crippen LogP) is 5.47. The maximum absolute atomic E-state index is 3.68. The zero-order valence-corrected chi connectivity index (χ0v) is 12.4. The Balaban J connectivity index is 2.17. The smallest absolute Gasteiger partial charge is 0.0468 e. The van der Waals surface area contributed by atoms with Crippen LogP contribution in [0.1, 0.15) is 30.4 Å². The van der Waals surface area contributed by atoms with E-state index in [0.29, 0.717) is 5.92 Å². The maximum atomic E-state index is 3.68. The summed E-state index contributed by atoms with van der Waals surface area (Å²) in [4.78, 5) is 3.38. The summed E-state index contributed by atoms with van der Waals surface area (Å²) in [5, 5.41) is 1.30. The third-order valence-electron chi connectivity index (χ3n) is 3.67. The quantitative estimate of drug-likeness (QED) is 0.659. The summed E-state index contributed by atoms with van der Waals surface area (Å²) >= 11 is 3.68. The Kier molecular flexibility index (Phi) is 3.43. The van der Waals surface area contributed by atoms with Gasteiger partial charge in [-0.05, 0) is 29.7 Å². The Morgan fingerprint density at radius 2 is 1.84 bits per heavy atom. The van der Waals surface area contributed by atoms with Gasteiger partial charge < -0.3 is 4.98 Å². The second-order valence-electron chi connectivity index (χ2n) is 4.78. The Morgan fingerprint density at radius 3 is 2.58 bits per heavy atom. The lowest BCUT2D eigenvalue weighted by molar-refractivity contribution is 0.783. The molecule has 1 heterocycles. The van der Waals surface area contributed by atoms with Gasteiger partial charge in [0, 0.05) is 27.5 Å². The first-order valence-electron chi connectivity index (χ1n) is 6.61. The third-order valence-corrected chi connectivity index (χ3v) is 4.33. The number of aromatic amines is 1. The lowest BCUT2D eigenvalue weighted by Gasteiger charge is -2.15. The Morgan fingerprint density at radius 1 is 1.05 bits per heavy atom. The lowest BCUT2D eigenvalue weighted by Crippen LogP contribution is -1.98. The standard InChI is InChI=1S/C17H16BrN/c1-2-13(12-7-4-3-5-8-12)14-11-19-16-10-6-9-15(18)17(14)16/h3-11,13,19H,2H2,1H3. The first-order valence-corrected chi connectivity index (χ1v) is 7.41. The van der Waals surface area contributed by atoms with E-state index in [0.717, 1.165) is 10.9 Å². The molecule has 0 saturated carbocycles. The average molecular weight is 314 g/mol. The topological polar surface area (TPSA) is 15.8 Å². The summed E-state index contributed by atoms with van der Waals surface area (Å²) in [6.07, 6.45) is 3.24. The van der Waals surface area contributed by atoms with E-state index in [1.807, 2.05) is 0 Å². The van der Waals surface area contributed by atoms with Gasteiger partial charge in [-0.3, -0.25) is 0 Å². The maximum Gasteiger partial charge on any atom is 0.0468 e. The Labute approximate surface area is 121 Å². The summed E-state index contributed by atoms with van der Waals surface area (Å²) in [6.45, 7) is 2.24. The molecule has 0 saturated heterocycles. The molecule has 2 aromatic carbocycles. The van der Waals surface area contributed by atoms with Crippen molar-refractivity contribution >= 4 is 26.8 Å². The first kappa shape index (κ1) is 12.5. The normalized spacial score (nSPS) is 12.7. The van der Waals surface area contributed by atoms with Gasteiger partial charge in [0.25, 0.3) is 0 Å². The van der Waals surface area contributed by atoms with Crippen LogP contribution in [0.2, 0.25) is 0 Å². The molecule has 1 nitrogen and oxygen atoms in total. The van der Waals surface area contributed by atoms with E-state index < -0.39 is 0 Å². The molecule has 2 heteroatoms. The zero-order valence-electron chi connectivity index (χ0n) is 10.9. The molecule has 0 radical (unpaired) electrons. The Bertz CT molecular complexity index is 685. The minimum atomic E-state index is 0.439. The van der Waals surface area contributed by atoms with Crippen LogP contribution in [0, 0.1) is 0 Å². The van der Waals surface area contributed by atoms with Gasteiger partial charge in [-0.2, -0.15) is 0 Å². The van der Waals surface area contributed by atoms with Crippen LogP contribution >= 0.6 is 15.9 Å². The Hall–Kier alpha value is -1.54. The molecule has 0 fully saturated rings. The largest absolute Gasteiger partial charge is 0.361 e. The third kappa shape index (κ3) is 2.21. The fourth-order valence-electron chi connectivity index (χ4n) is 2.76. The van der Waals surface area contributed by atoms with Crippen molar-refractivity contribution in [2.24, 2.45) is 0 Å². The van der Waals surface area contributed by atoms with E-state index in [4.69, 9.17) is 0 Å². The van der Waals surface area contributed by atoms with Crippen molar-refractivity contribution in [3.8, 4) is 0 Å². The molecule has 0 spiro atoms. The highest BCUT2D eigenvalue weighted by Gasteiger charge is 2.17. The van der Waals surface area contributed by atoms with Crippen molar-refractivity contribution in [2.75, 3.05) is 0 Å². The van der Waals surface area contributed by atoms with Crippen molar-refractivity contribution in [1.29, 1.82) is 0 Å². The molecule has 3 aromatic rings. The summed E-state index contributed by atoms with van der Waals surface area (Å²) in [7, 11) is 0. The molecule has 0 aliphatic heterocycles. The number of rotatable bonds is 3. The fourth-order valence-corrected chi connectivity index (χ4v) is 3.36. The molecule has 1 N–H and O–H groups in total. The van der Waals surface area contributed by atoms with E-state index >= 15 is 0 Å². The van der Waals surface area contributed by atoms with Crippen LogP contribution in [0.25, 0.3) is 10.9 Å². The zero-order chi connectivity index (χ0) is 13.2. The number of hydrogen-bond acceptors (Lipinski definition) is 0. The number of fused-ring (bicyclic) bond motifs is 1. The molecule has 0 aliphatic rings. The van der Waals surface area contributed by atoms with Crippen LogP contribution in [0.3, 0.4) is 0 Å². The van der Waals surface area contributed by atoms with Crippen molar-refractivity contribution < 1.29 is 0 Å². The van der Waals surface area contributed by atoms with Crippen molar-refractivity contribution in [2.45, 2.75) is 19.3 Å².